The van der Waals surface area contributed by atoms with E-state index in [2.05, 4.69) is 0 Å². The Kier molecular flexibility index (Phi) is 6.27. The highest BCUT2D eigenvalue weighted by atomic mass is 32.1. The average Bonchev–Trinajstić information content (AvgIpc) is 3.43. The average molecular weight is 416 g/mol. The number of hydrogen-bond donors (Lipinski definition) is 0. The van der Waals surface area contributed by atoms with Gasteiger partial charge in [0, 0.05) is 22.3 Å². The molecule has 1 aliphatic heterocycles. The van der Waals surface area contributed by atoms with Crippen LogP contribution in [0.1, 0.15) is 48.3 Å². The second-order valence-corrected chi connectivity index (χ2v) is 9.40. The Morgan fingerprint density at radius 1 is 1.07 bits per heavy atom. The molecule has 4 rings (SSSR count). The summed E-state index contributed by atoms with van der Waals surface area (Å²) >= 11 is 3.07. The number of likely N-dealkylation sites (tertiary alicyclic amines) is 1. The number of thiophene rings is 2. The van der Waals surface area contributed by atoms with E-state index in [1.54, 1.807) is 11.3 Å². The summed E-state index contributed by atoms with van der Waals surface area (Å²) in [6.45, 7) is 0.621. The van der Waals surface area contributed by atoms with Gasteiger partial charge in [0.05, 0.1) is 5.57 Å². The Hall–Kier alpha value is -1.92. The van der Waals surface area contributed by atoms with Crippen LogP contribution in [0.25, 0.3) is 11.6 Å². The fraction of sp³-hybridized carbons (Fsp3) is 0.455. The highest BCUT2D eigenvalue weighted by Gasteiger charge is 2.35. The van der Waals surface area contributed by atoms with Crippen LogP contribution in [0.4, 0.5) is 0 Å². The lowest BCUT2D eigenvalue weighted by Crippen LogP contribution is -2.50. The number of piperidine rings is 1. The van der Waals surface area contributed by atoms with E-state index < -0.39 is 5.97 Å². The standard InChI is InChI=1S/C22H25NO3S2/c24-21(23-11-3-7-16-6-1-2-9-19(16)23)15-26-22(25)18(20-10-5-13-28-20)14-17-8-4-12-27-17/h4-5,8,10,12-14,16,19H,1-3,6-7,9,11,15H2/b18-14+/t16-,19+/m0/s1. The fourth-order valence-corrected chi connectivity index (χ4v) is 5.79. The SMILES string of the molecule is O=C(OCC(=O)N1CCC[C@@H]2CCCC[C@H]21)/C(=C/c1cccs1)c1cccs1. The van der Waals surface area contributed by atoms with Crippen molar-refractivity contribution < 1.29 is 14.3 Å². The van der Waals surface area contributed by atoms with E-state index in [-0.39, 0.29) is 12.5 Å². The van der Waals surface area contributed by atoms with Crippen molar-refractivity contribution in [2.75, 3.05) is 13.2 Å². The molecule has 2 aliphatic rings. The van der Waals surface area contributed by atoms with Gasteiger partial charge in [-0.05, 0) is 60.6 Å². The number of hydrogen-bond acceptors (Lipinski definition) is 5. The van der Waals surface area contributed by atoms with Crippen LogP contribution in [0.5, 0.6) is 0 Å². The topological polar surface area (TPSA) is 46.6 Å². The molecule has 148 valence electrons. The first-order valence-electron chi connectivity index (χ1n) is 9.98. The van der Waals surface area contributed by atoms with Gasteiger partial charge in [0.1, 0.15) is 0 Å². The van der Waals surface area contributed by atoms with E-state index >= 15 is 0 Å². The van der Waals surface area contributed by atoms with Gasteiger partial charge in [-0.3, -0.25) is 4.79 Å². The summed E-state index contributed by atoms with van der Waals surface area (Å²) in [6.07, 6.45) is 8.90. The molecule has 4 nitrogen and oxygen atoms in total. The second-order valence-electron chi connectivity index (χ2n) is 7.47. The first kappa shape index (κ1) is 19.4. The number of carbonyl (C=O) groups excluding carboxylic acids is 2. The van der Waals surface area contributed by atoms with E-state index in [0.29, 0.717) is 17.5 Å². The van der Waals surface area contributed by atoms with Crippen LogP contribution in [0.15, 0.2) is 35.0 Å². The predicted molar refractivity (Wildman–Crippen MR) is 114 cm³/mol. The summed E-state index contributed by atoms with van der Waals surface area (Å²) in [5.41, 5.74) is 0.513. The fourth-order valence-electron chi connectivity index (χ4n) is 4.40. The first-order chi connectivity index (χ1) is 13.7. The third-order valence-corrected chi connectivity index (χ3v) is 7.45. The lowest BCUT2D eigenvalue weighted by atomic mass is 9.78. The zero-order valence-electron chi connectivity index (χ0n) is 15.8. The summed E-state index contributed by atoms with van der Waals surface area (Å²) in [6, 6.07) is 8.08. The molecule has 1 aliphatic carbocycles. The molecule has 1 saturated carbocycles. The third kappa shape index (κ3) is 4.39. The molecule has 0 unspecified atom stereocenters. The summed E-state index contributed by atoms with van der Waals surface area (Å²) in [4.78, 5) is 29.4. The quantitative estimate of drug-likeness (QED) is 0.506. The minimum atomic E-state index is -0.429. The first-order valence-corrected chi connectivity index (χ1v) is 11.7. The van der Waals surface area contributed by atoms with Crippen LogP contribution in [-0.4, -0.2) is 36.0 Å². The Balaban J connectivity index is 1.42. The van der Waals surface area contributed by atoms with Crippen LogP contribution in [0.2, 0.25) is 0 Å². The molecule has 0 radical (unpaired) electrons. The molecule has 0 spiro atoms. The molecule has 3 heterocycles. The third-order valence-electron chi connectivity index (χ3n) is 5.73. The summed E-state index contributed by atoms with van der Waals surface area (Å²) in [5, 5.41) is 3.91. The van der Waals surface area contributed by atoms with Gasteiger partial charge in [-0.15, -0.1) is 22.7 Å². The Bertz CT molecular complexity index is 824. The molecular formula is C22H25NO3S2. The molecule has 2 aromatic rings. The molecule has 2 atom stereocenters. The number of esters is 1. The van der Waals surface area contributed by atoms with E-state index in [9.17, 15) is 9.59 Å². The van der Waals surface area contributed by atoms with Gasteiger partial charge in [-0.1, -0.05) is 25.0 Å². The molecule has 0 N–H and O–H groups in total. The van der Waals surface area contributed by atoms with E-state index in [1.807, 2.05) is 46.0 Å². The molecule has 1 amide bonds. The molecule has 2 fully saturated rings. The van der Waals surface area contributed by atoms with Gasteiger partial charge in [-0.25, -0.2) is 4.79 Å². The van der Waals surface area contributed by atoms with Crippen molar-refractivity contribution in [3.8, 4) is 0 Å². The smallest absolute Gasteiger partial charge is 0.340 e. The van der Waals surface area contributed by atoms with Gasteiger partial charge < -0.3 is 9.64 Å². The van der Waals surface area contributed by atoms with Crippen molar-refractivity contribution in [3.63, 3.8) is 0 Å². The summed E-state index contributed by atoms with van der Waals surface area (Å²) < 4.78 is 5.48. The number of rotatable bonds is 5. The van der Waals surface area contributed by atoms with Crippen LogP contribution in [0, 0.1) is 5.92 Å². The lowest BCUT2D eigenvalue weighted by Gasteiger charge is -2.44. The van der Waals surface area contributed by atoms with E-state index in [1.165, 1.54) is 37.0 Å². The number of ether oxygens (including phenoxy) is 1. The molecule has 0 bridgehead atoms. The second kappa shape index (κ2) is 9.05. The maximum Gasteiger partial charge on any atom is 0.340 e. The minimum absolute atomic E-state index is 0.0494. The van der Waals surface area contributed by atoms with Gasteiger partial charge in [-0.2, -0.15) is 0 Å². The molecule has 28 heavy (non-hydrogen) atoms. The van der Waals surface area contributed by atoms with Crippen molar-refractivity contribution in [2.45, 2.75) is 44.6 Å². The van der Waals surface area contributed by atoms with Crippen molar-refractivity contribution in [1.82, 2.24) is 4.90 Å². The minimum Gasteiger partial charge on any atom is -0.452 e. The maximum atomic E-state index is 12.8. The normalized spacial score (nSPS) is 22.6. The number of carbonyl (C=O) groups is 2. The lowest BCUT2D eigenvalue weighted by molar-refractivity contribution is -0.151. The van der Waals surface area contributed by atoms with Crippen molar-refractivity contribution in [1.29, 1.82) is 0 Å². The van der Waals surface area contributed by atoms with Crippen molar-refractivity contribution in [2.24, 2.45) is 5.92 Å². The van der Waals surface area contributed by atoms with Crippen LogP contribution in [-0.2, 0) is 14.3 Å². The van der Waals surface area contributed by atoms with Crippen LogP contribution >= 0.6 is 22.7 Å². The predicted octanol–water partition coefficient (Wildman–Crippen LogP) is 5.07. The van der Waals surface area contributed by atoms with Gasteiger partial charge >= 0.3 is 5.97 Å². The zero-order valence-corrected chi connectivity index (χ0v) is 17.5. The van der Waals surface area contributed by atoms with Crippen molar-refractivity contribution in [3.05, 3.63) is 44.8 Å². The monoisotopic (exact) mass is 415 g/mol. The molecule has 2 aromatic heterocycles. The molecule has 1 saturated heterocycles. The highest BCUT2D eigenvalue weighted by molar-refractivity contribution is 7.12. The largest absolute Gasteiger partial charge is 0.452 e. The van der Waals surface area contributed by atoms with Crippen LogP contribution < -0.4 is 0 Å². The molecule has 6 heteroatoms. The van der Waals surface area contributed by atoms with E-state index in [0.717, 1.165) is 29.1 Å². The van der Waals surface area contributed by atoms with Gasteiger partial charge in [0.25, 0.3) is 5.91 Å². The zero-order chi connectivity index (χ0) is 19.3. The van der Waals surface area contributed by atoms with Crippen molar-refractivity contribution >= 4 is 46.2 Å². The van der Waals surface area contributed by atoms with E-state index in [4.69, 9.17) is 4.74 Å². The maximum absolute atomic E-state index is 12.8. The summed E-state index contributed by atoms with van der Waals surface area (Å²) in [5.74, 6) is 0.149. The van der Waals surface area contributed by atoms with Gasteiger partial charge in [0.15, 0.2) is 6.61 Å². The van der Waals surface area contributed by atoms with Gasteiger partial charge in [0.2, 0.25) is 0 Å². The summed E-state index contributed by atoms with van der Waals surface area (Å²) in [7, 11) is 0. The highest BCUT2D eigenvalue weighted by Crippen LogP contribution is 2.35. The number of fused-ring (bicyclic) bond motifs is 1. The number of nitrogens with zero attached hydrogens (tertiary/aromatic N) is 1. The molecular weight excluding hydrogens is 390 g/mol. The molecule has 0 aromatic carbocycles. The van der Waals surface area contributed by atoms with Crippen LogP contribution in [0.3, 0.4) is 0 Å². The Labute approximate surface area is 173 Å². The Morgan fingerprint density at radius 3 is 2.64 bits per heavy atom. The number of amides is 1. The Morgan fingerprint density at radius 2 is 1.86 bits per heavy atom.